The number of carbonyl (C=O) groups is 1. The highest BCUT2D eigenvalue weighted by molar-refractivity contribution is 5.93. The number of benzene rings is 3. The molecule has 3 heteroatoms. The first-order chi connectivity index (χ1) is 13.2. The zero-order chi connectivity index (χ0) is 18.9. The molecule has 1 fully saturated rings. The molecule has 3 aromatic carbocycles. The number of methoxy groups -OCH3 is 2. The highest BCUT2D eigenvalue weighted by Gasteiger charge is 2.74. The SMILES string of the molecule is COC(=O)[C@@]1(c2ccccc2)C[C@@]1(c1ccccc1)c1ccc(OC)cc1. The Morgan fingerprint density at radius 1 is 0.741 bits per heavy atom. The molecule has 0 unspecified atom stereocenters. The van der Waals surface area contributed by atoms with Crippen molar-refractivity contribution in [3.8, 4) is 5.75 Å². The van der Waals surface area contributed by atoms with Crippen molar-refractivity contribution < 1.29 is 14.3 Å². The van der Waals surface area contributed by atoms with Gasteiger partial charge in [0.1, 0.15) is 11.2 Å². The lowest BCUT2D eigenvalue weighted by atomic mass is 9.77. The summed E-state index contributed by atoms with van der Waals surface area (Å²) >= 11 is 0. The Morgan fingerprint density at radius 2 is 1.26 bits per heavy atom. The average molecular weight is 358 g/mol. The third-order valence-electron chi connectivity index (χ3n) is 5.78. The Hall–Kier alpha value is -3.07. The van der Waals surface area contributed by atoms with Gasteiger partial charge in [0.25, 0.3) is 0 Å². The molecule has 0 aliphatic heterocycles. The van der Waals surface area contributed by atoms with Crippen molar-refractivity contribution in [1.82, 2.24) is 0 Å². The molecule has 1 saturated carbocycles. The van der Waals surface area contributed by atoms with E-state index in [9.17, 15) is 4.79 Å². The van der Waals surface area contributed by atoms with E-state index in [0.29, 0.717) is 6.42 Å². The molecule has 0 heterocycles. The molecule has 0 amide bonds. The standard InChI is InChI=1S/C24H22O3/c1-26-21-15-13-20(14-16-21)23(18-9-5-3-6-10-18)17-24(23,22(25)27-2)19-11-7-4-8-12-19/h3-16H,17H2,1-2H3/t23-,24+/m1/s1. The summed E-state index contributed by atoms with van der Waals surface area (Å²) in [5, 5.41) is 0. The normalized spacial score (nSPS) is 23.5. The van der Waals surface area contributed by atoms with Crippen molar-refractivity contribution in [2.24, 2.45) is 0 Å². The third kappa shape index (κ3) is 2.46. The van der Waals surface area contributed by atoms with Crippen molar-refractivity contribution in [2.75, 3.05) is 14.2 Å². The van der Waals surface area contributed by atoms with Gasteiger partial charge in [-0.15, -0.1) is 0 Å². The largest absolute Gasteiger partial charge is 0.497 e. The van der Waals surface area contributed by atoms with E-state index in [4.69, 9.17) is 9.47 Å². The van der Waals surface area contributed by atoms with Crippen LogP contribution in [0.1, 0.15) is 23.1 Å². The van der Waals surface area contributed by atoms with Crippen LogP contribution in [0.15, 0.2) is 84.9 Å². The van der Waals surface area contributed by atoms with Gasteiger partial charge in [-0.3, -0.25) is 4.79 Å². The second-order valence-electron chi connectivity index (χ2n) is 6.94. The zero-order valence-electron chi connectivity index (χ0n) is 15.5. The highest BCUT2D eigenvalue weighted by atomic mass is 16.5. The number of ether oxygens (including phenoxy) is 2. The Balaban J connectivity index is 1.96. The van der Waals surface area contributed by atoms with E-state index < -0.39 is 10.8 Å². The molecular weight excluding hydrogens is 336 g/mol. The molecule has 1 aliphatic rings. The zero-order valence-corrected chi connectivity index (χ0v) is 15.5. The molecule has 2 atom stereocenters. The van der Waals surface area contributed by atoms with E-state index in [-0.39, 0.29) is 5.97 Å². The maximum atomic E-state index is 13.1. The minimum Gasteiger partial charge on any atom is -0.497 e. The van der Waals surface area contributed by atoms with Gasteiger partial charge in [-0.25, -0.2) is 0 Å². The minimum atomic E-state index is -0.737. The van der Waals surface area contributed by atoms with Crippen molar-refractivity contribution >= 4 is 5.97 Å². The van der Waals surface area contributed by atoms with E-state index in [0.717, 1.165) is 22.4 Å². The predicted molar refractivity (Wildman–Crippen MR) is 105 cm³/mol. The Morgan fingerprint density at radius 3 is 1.78 bits per heavy atom. The molecule has 3 nitrogen and oxygen atoms in total. The van der Waals surface area contributed by atoms with Crippen molar-refractivity contribution in [1.29, 1.82) is 0 Å². The Bertz CT molecular complexity index is 934. The van der Waals surface area contributed by atoms with Gasteiger partial charge >= 0.3 is 5.97 Å². The van der Waals surface area contributed by atoms with E-state index in [1.54, 1.807) is 7.11 Å². The molecule has 1 aliphatic carbocycles. The molecule has 0 bridgehead atoms. The van der Waals surface area contributed by atoms with Crippen LogP contribution >= 0.6 is 0 Å². The second kappa shape index (κ2) is 6.58. The molecule has 136 valence electrons. The molecule has 4 rings (SSSR count). The maximum absolute atomic E-state index is 13.1. The van der Waals surface area contributed by atoms with Crippen LogP contribution in [0.5, 0.6) is 5.75 Å². The summed E-state index contributed by atoms with van der Waals surface area (Å²) in [6.07, 6.45) is 0.674. The van der Waals surface area contributed by atoms with Gasteiger partial charge in [0, 0.05) is 5.41 Å². The van der Waals surface area contributed by atoms with Gasteiger partial charge in [-0.1, -0.05) is 72.8 Å². The summed E-state index contributed by atoms with van der Waals surface area (Å²) < 4.78 is 10.6. The molecule has 3 aromatic rings. The first-order valence-corrected chi connectivity index (χ1v) is 9.03. The Kier molecular flexibility index (Phi) is 4.23. The molecule has 27 heavy (non-hydrogen) atoms. The molecular formula is C24H22O3. The fraction of sp³-hybridized carbons (Fsp3) is 0.208. The Labute approximate surface area is 159 Å². The lowest BCUT2D eigenvalue weighted by Crippen LogP contribution is -2.32. The van der Waals surface area contributed by atoms with Crippen molar-refractivity contribution in [3.63, 3.8) is 0 Å². The van der Waals surface area contributed by atoms with Gasteiger partial charge in [0.15, 0.2) is 0 Å². The summed E-state index contributed by atoms with van der Waals surface area (Å²) in [6.45, 7) is 0. The second-order valence-corrected chi connectivity index (χ2v) is 6.94. The number of rotatable bonds is 5. The van der Waals surface area contributed by atoms with Gasteiger partial charge in [0.05, 0.1) is 14.2 Å². The topological polar surface area (TPSA) is 35.5 Å². The number of carbonyl (C=O) groups excluding carboxylic acids is 1. The predicted octanol–water partition coefficient (Wildman–Crippen LogP) is 4.50. The molecule has 0 aromatic heterocycles. The molecule has 0 saturated heterocycles. The average Bonchev–Trinajstić information content (AvgIpc) is 3.47. The van der Waals surface area contributed by atoms with E-state index in [1.165, 1.54) is 7.11 Å². The van der Waals surface area contributed by atoms with Crippen LogP contribution in [0, 0.1) is 0 Å². The van der Waals surface area contributed by atoms with Crippen LogP contribution in [0.3, 0.4) is 0 Å². The summed E-state index contributed by atoms with van der Waals surface area (Å²) in [5.41, 5.74) is 1.98. The monoisotopic (exact) mass is 358 g/mol. The third-order valence-corrected chi connectivity index (χ3v) is 5.78. The van der Waals surface area contributed by atoms with Crippen LogP contribution in [0.2, 0.25) is 0 Å². The van der Waals surface area contributed by atoms with Crippen molar-refractivity contribution in [3.05, 3.63) is 102 Å². The van der Waals surface area contributed by atoms with E-state index in [2.05, 4.69) is 24.3 Å². The van der Waals surface area contributed by atoms with Gasteiger partial charge in [0.2, 0.25) is 0 Å². The van der Waals surface area contributed by atoms with E-state index in [1.807, 2.05) is 60.7 Å². The minimum absolute atomic E-state index is 0.201. The lowest BCUT2D eigenvalue weighted by Gasteiger charge is -2.26. The smallest absolute Gasteiger partial charge is 0.317 e. The quantitative estimate of drug-likeness (QED) is 0.630. The number of esters is 1. The van der Waals surface area contributed by atoms with Crippen LogP contribution in [-0.4, -0.2) is 20.2 Å². The molecule has 0 spiro atoms. The van der Waals surface area contributed by atoms with Crippen LogP contribution in [0.25, 0.3) is 0 Å². The summed E-state index contributed by atoms with van der Waals surface area (Å²) in [4.78, 5) is 13.1. The van der Waals surface area contributed by atoms with Crippen molar-refractivity contribution in [2.45, 2.75) is 17.3 Å². The maximum Gasteiger partial charge on any atom is 0.317 e. The first-order valence-electron chi connectivity index (χ1n) is 9.03. The fourth-order valence-electron chi connectivity index (χ4n) is 4.42. The highest BCUT2D eigenvalue weighted by Crippen LogP contribution is 2.69. The van der Waals surface area contributed by atoms with Gasteiger partial charge in [-0.05, 0) is 35.2 Å². The summed E-state index contributed by atoms with van der Waals surface area (Å²) in [5.74, 6) is 0.597. The van der Waals surface area contributed by atoms with E-state index >= 15 is 0 Å². The summed E-state index contributed by atoms with van der Waals surface area (Å²) in [6, 6.07) is 28.2. The molecule has 0 N–H and O–H groups in total. The van der Waals surface area contributed by atoms with Crippen LogP contribution < -0.4 is 4.74 Å². The number of hydrogen-bond donors (Lipinski definition) is 0. The molecule has 0 radical (unpaired) electrons. The number of hydrogen-bond acceptors (Lipinski definition) is 3. The van der Waals surface area contributed by atoms with Gasteiger partial charge < -0.3 is 9.47 Å². The summed E-state index contributed by atoms with van der Waals surface area (Å²) in [7, 11) is 3.12. The van der Waals surface area contributed by atoms with Crippen LogP contribution in [0.4, 0.5) is 0 Å². The first kappa shape index (κ1) is 17.3. The fourth-order valence-corrected chi connectivity index (χ4v) is 4.42. The lowest BCUT2D eigenvalue weighted by molar-refractivity contribution is -0.144. The van der Waals surface area contributed by atoms with Gasteiger partial charge in [-0.2, -0.15) is 0 Å². The van der Waals surface area contributed by atoms with Crippen LogP contribution in [-0.2, 0) is 20.4 Å².